The Hall–Kier alpha value is -3.65. The van der Waals surface area contributed by atoms with E-state index in [1.165, 1.54) is 24.3 Å². The van der Waals surface area contributed by atoms with Crippen molar-refractivity contribution in [3.63, 3.8) is 0 Å². The maximum atomic E-state index is 13.5. The summed E-state index contributed by atoms with van der Waals surface area (Å²) in [6, 6.07) is 19.0. The van der Waals surface area contributed by atoms with Crippen LogP contribution in [0.2, 0.25) is 0 Å². The van der Waals surface area contributed by atoms with Crippen LogP contribution in [-0.4, -0.2) is 31.1 Å². The molecule has 4 rings (SSSR count). The van der Waals surface area contributed by atoms with E-state index in [0.29, 0.717) is 6.61 Å². The lowest BCUT2D eigenvalue weighted by atomic mass is 10.1. The van der Waals surface area contributed by atoms with E-state index in [-0.39, 0.29) is 29.5 Å². The van der Waals surface area contributed by atoms with Crippen LogP contribution >= 0.6 is 0 Å². The number of alkyl halides is 3. The largest absolute Gasteiger partial charge is 0.490 e. The maximum absolute atomic E-state index is 13.5. The number of epoxide rings is 1. The molecule has 8 heteroatoms. The number of amides is 2. The number of imide groups is 1. The summed E-state index contributed by atoms with van der Waals surface area (Å²) >= 11 is 0. The number of nitrogens with zero attached hydrogens (tertiary/aromatic N) is 1. The molecule has 0 N–H and O–H groups in total. The molecule has 1 saturated heterocycles. The number of rotatable bonds is 6. The molecule has 32 heavy (non-hydrogen) atoms. The topological polar surface area (TPSA) is 59.1 Å². The fourth-order valence-corrected chi connectivity index (χ4v) is 3.10. The van der Waals surface area contributed by atoms with Crippen molar-refractivity contribution >= 4 is 17.5 Å². The van der Waals surface area contributed by atoms with Crippen LogP contribution in [0, 0.1) is 0 Å². The van der Waals surface area contributed by atoms with E-state index in [4.69, 9.17) is 9.47 Å². The van der Waals surface area contributed by atoms with Crippen molar-refractivity contribution in [2.75, 3.05) is 18.1 Å². The van der Waals surface area contributed by atoms with Gasteiger partial charge in [-0.1, -0.05) is 36.4 Å². The highest BCUT2D eigenvalue weighted by atomic mass is 19.4. The zero-order chi connectivity index (χ0) is 22.7. The minimum absolute atomic E-state index is 0.0348. The second-order valence-corrected chi connectivity index (χ2v) is 7.12. The predicted octanol–water partition coefficient (Wildman–Crippen LogP) is 4.97. The first kappa shape index (κ1) is 21.6. The number of carbonyl (C=O) groups is 2. The quantitative estimate of drug-likeness (QED) is 0.400. The number of hydrogen-bond acceptors (Lipinski definition) is 4. The second kappa shape index (κ2) is 8.84. The molecule has 0 bridgehead atoms. The molecule has 0 aromatic heterocycles. The van der Waals surface area contributed by atoms with Gasteiger partial charge in [-0.2, -0.15) is 13.2 Å². The van der Waals surface area contributed by atoms with Gasteiger partial charge in [0.15, 0.2) is 0 Å². The molecular formula is C24H18F3NO4. The molecule has 2 amide bonds. The van der Waals surface area contributed by atoms with Crippen molar-refractivity contribution in [3.05, 3.63) is 95.6 Å². The van der Waals surface area contributed by atoms with Crippen LogP contribution in [0.1, 0.15) is 26.3 Å². The molecule has 1 atom stereocenters. The summed E-state index contributed by atoms with van der Waals surface area (Å²) < 4.78 is 50.9. The van der Waals surface area contributed by atoms with Crippen LogP contribution in [0.25, 0.3) is 0 Å². The third kappa shape index (κ3) is 4.81. The molecule has 3 aromatic carbocycles. The van der Waals surface area contributed by atoms with Crippen LogP contribution in [0.3, 0.4) is 0 Å². The van der Waals surface area contributed by atoms with Gasteiger partial charge < -0.3 is 9.47 Å². The lowest BCUT2D eigenvalue weighted by Crippen LogP contribution is -2.37. The molecule has 1 aliphatic heterocycles. The number of anilines is 1. The summed E-state index contributed by atoms with van der Waals surface area (Å²) in [6.45, 7) is 0.345. The summed E-state index contributed by atoms with van der Waals surface area (Å²) in [6.07, 6.45) is -4.94. The van der Waals surface area contributed by atoms with Crippen molar-refractivity contribution in [2.24, 2.45) is 0 Å². The van der Waals surface area contributed by atoms with E-state index < -0.39 is 29.3 Å². The number of ether oxygens (including phenoxy) is 2. The summed E-state index contributed by atoms with van der Waals surface area (Å²) in [5.74, 6) is -1.82. The van der Waals surface area contributed by atoms with Gasteiger partial charge in [0.05, 0.1) is 17.9 Å². The zero-order valence-corrected chi connectivity index (χ0v) is 16.7. The second-order valence-electron chi connectivity index (χ2n) is 7.12. The van der Waals surface area contributed by atoms with Crippen LogP contribution < -0.4 is 9.64 Å². The van der Waals surface area contributed by atoms with Crippen LogP contribution in [0.5, 0.6) is 5.75 Å². The van der Waals surface area contributed by atoms with E-state index in [2.05, 4.69) is 0 Å². The van der Waals surface area contributed by atoms with Crippen molar-refractivity contribution in [3.8, 4) is 5.75 Å². The molecule has 0 aliphatic carbocycles. The van der Waals surface area contributed by atoms with Gasteiger partial charge in [-0.25, -0.2) is 4.90 Å². The van der Waals surface area contributed by atoms with Gasteiger partial charge >= 0.3 is 6.18 Å². The molecule has 1 heterocycles. The van der Waals surface area contributed by atoms with E-state index in [9.17, 15) is 22.8 Å². The lowest BCUT2D eigenvalue weighted by molar-refractivity contribution is -0.139. The van der Waals surface area contributed by atoms with Crippen molar-refractivity contribution < 1.29 is 32.2 Å². The van der Waals surface area contributed by atoms with Crippen LogP contribution in [0.4, 0.5) is 18.9 Å². The molecule has 164 valence electrons. The monoisotopic (exact) mass is 441 g/mol. The van der Waals surface area contributed by atoms with Gasteiger partial charge in [0.1, 0.15) is 18.5 Å². The highest BCUT2D eigenvalue weighted by Crippen LogP contribution is 2.39. The molecule has 0 radical (unpaired) electrons. The average molecular weight is 441 g/mol. The third-order valence-electron chi connectivity index (χ3n) is 4.80. The lowest BCUT2D eigenvalue weighted by Gasteiger charge is -2.23. The summed E-state index contributed by atoms with van der Waals surface area (Å²) in [5, 5.41) is 0. The van der Waals surface area contributed by atoms with Crippen molar-refractivity contribution in [1.82, 2.24) is 0 Å². The van der Waals surface area contributed by atoms with E-state index >= 15 is 0 Å². The summed E-state index contributed by atoms with van der Waals surface area (Å²) in [4.78, 5) is 27.4. The Kier molecular flexibility index (Phi) is 5.96. The normalized spacial score (nSPS) is 15.2. The number of benzene rings is 3. The van der Waals surface area contributed by atoms with E-state index in [1.807, 2.05) is 0 Å². The molecule has 5 nitrogen and oxygen atoms in total. The number of halogens is 3. The Bertz CT molecular complexity index is 1060. The van der Waals surface area contributed by atoms with E-state index in [1.54, 1.807) is 36.4 Å². The molecule has 0 saturated carbocycles. The molecule has 1 aliphatic rings. The summed E-state index contributed by atoms with van der Waals surface area (Å²) in [7, 11) is 0. The number of carbonyl (C=O) groups excluding carboxylic acids is 2. The Morgan fingerprint density at radius 2 is 1.44 bits per heavy atom. The number of hydrogen-bond donors (Lipinski definition) is 0. The average Bonchev–Trinajstić information content (AvgIpc) is 3.63. The fraction of sp³-hybridized carbons (Fsp3) is 0.167. The SMILES string of the molecule is O=C(c1ccccc1)N(C(=O)c1ccccc1)c1ccc(C(F)(F)F)c(OCC2CO2)c1. The predicted molar refractivity (Wildman–Crippen MR) is 111 cm³/mol. The molecule has 1 unspecified atom stereocenters. The molecule has 3 aromatic rings. The maximum Gasteiger partial charge on any atom is 0.419 e. The van der Waals surface area contributed by atoms with Gasteiger partial charge in [-0.15, -0.1) is 0 Å². The minimum atomic E-state index is -4.67. The molecular weight excluding hydrogens is 423 g/mol. The van der Waals surface area contributed by atoms with Gasteiger partial charge in [-0.05, 0) is 36.4 Å². The molecule has 0 spiro atoms. The Morgan fingerprint density at radius 1 is 0.906 bits per heavy atom. The first-order valence-electron chi connectivity index (χ1n) is 9.79. The van der Waals surface area contributed by atoms with Crippen LogP contribution in [0.15, 0.2) is 78.9 Å². The van der Waals surface area contributed by atoms with Gasteiger partial charge in [0.25, 0.3) is 11.8 Å². The molecule has 1 fully saturated rings. The van der Waals surface area contributed by atoms with Gasteiger partial charge in [0.2, 0.25) is 0 Å². The Labute approximate surface area is 182 Å². The smallest absolute Gasteiger partial charge is 0.419 e. The highest BCUT2D eigenvalue weighted by molar-refractivity contribution is 6.25. The van der Waals surface area contributed by atoms with Crippen molar-refractivity contribution in [2.45, 2.75) is 12.3 Å². The first-order chi connectivity index (χ1) is 15.3. The fourth-order valence-electron chi connectivity index (χ4n) is 3.10. The Balaban J connectivity index is 1.78. The van der Waals surface area contributed by atoms with Crippen molar-refractivity contribution in [1.29, 1.82) is 0 Å². The zero-order valence-electron chi connectivity index (χ0n) is 16.7. The standard InChI is InChI=1S/C24H18F3NO4/c25-24(26,27)20-12-11-18(13-21(20)32-15-19-14-31-19)28(22(29)16-7-3-1-4-8-16)23(30)17-9-5-2-6-10-17/h1-13,19H,14-15H2. The summed E-state index contributed by atoms with van der Waals surface area (Å²) in [5.41, 5.74) is -0.607. The highest BCUT2D eigenvalue weighted by Gasteiger charge is 2.36. The van der Waals surface area contributed by atoms with Crippen LogP contribution in [-0.2, 0) is 10.9 Å². The minimum Gasteiger partial charge on any atom is -0.490 e. The Morgan fingerprint density at radius 3 is 1.91 bits per heavy atom. The first-order valence-corrected chi connectivity index (χ1v) is 9.79. The van der Waals surface area contributed by atoms with Gasteiger partial charge in [-0.3, -0.25) is 9.59 Å². The van der Waals surface area contributed by atoms with E-state index in [0.717, 1.165) is 23.1 Å². The third-order valence-corrected chi connectivity index (χ3v) is 4.80. The van der Waals surface area contributed by atoms with Gasteiger partial charge in [0, 0.05) is 17.2 Å².